The first-order chi connectivity index (χ1) is 15.6. The lowest BCUT2D eigenvalue weighted by Crippen LogP contribution is -2.45. The van der Waals surface area contributed by atoms with Crippen LogP contribution >= 0.6 is 0 Å². The number of aromatic nitrogens is 3. The number of likely N-dealkylation sites (tertiary alicyclic amines) is 1. The van der Waals surface area contributed by atoms with E-state index in [0.29, 0.717) is 12.3 Å². The highest BCUT2D eigenvalue weighted by Crippen LogP contribution is 2.29. The zero-order valence-electron chi connectivity index (χ0n) is 18.3. The van der Waals surface area contributed by atoms with Crippen molar-refractivity contribution >= 4 is 28.8 Å². The molecule has 2 fully saturated rings. The van der Waals surface area contributed by atoms with Crippen LogP contribution in [0, 0.1) is 0 Å². The number of anilines is 2. The number of carbonyl (C=O) groups excluding carboxylic acids is 2. The Hall–Kier alpha value is -3.26. The van der Waals surface area contributed by atoms with Crippen LogP contribution in [0.5, 0.6) is 0 Å². The molecule has 1 N–H and O–H groups in total. The highest BCUT2D eigenvalue weighted by molar-refractivity contribution is 5.98. The topological polar surface area (TPSA) is 82.8 Å². The van der Waals surface area contributed by atoms with Crippen LogP contribution in [0.25, 0.3) is 5.65 Å². The molecule has 0 bridgehead atoms. The van der Waals surface area contributed by atoms with Crippen LogP contribution in [0.15, 0.2) is 48.7 Å². The van der Waals surface area contributed by atoms with Gasteiger partial charge in [-0.25, -0.2) is 0 Å². The van der Waals surface area contributed by atoms with Crippen molar-refractivity contribution in [3.63, 3.8) is 0 Å². The SMILES string of the molecule is CC(C(=O)Nc1cccc(N2CCCC2=O)c1)N1CCC(c2nnc3ccccn23)CC1. The molecule has 1 aromatic carbocycles. The van der Waals surface area contributed by atoms with Gasteiger partial charge in [-0.15, -0.1) is 10.2 Å². The molecule has 2 aromatic heterocycles. The zero-order chi connectivity index (χ0) is 22.1. The molecule has 2 aliphatic rings. The average molecular weight is 433 g/mol. The van der Waals surface area contributed by atoms with Gasteiger partial charge in [-0.2, -0.15) is 0 Å². The summed E-state index contributed by atoms with van der Waals surface area (Å²) >= 11 is 0. The minimum Gasteiger partial charge on any atom is -0.325 e. The van der Waals surface area contributed by atoms with Gasteiger partial charge in [0.2, 0.25) is 11.8 Å². The standard InChI is InChI=1S/C24H28N6O2/c1-17(24(32)25-19-6-4-7-20(16-19)29-13-5-9-22(29)31)28-14-10-18(11-15-28)23-27-26-21-8-2-3-12-30(21)23/h2-4,6-8,12,16-18H,5,9-11,13-15H2,1H3,(H,25,32). The van der Waals surface area contributed by atoms with Crippen LogP contribution in [0.4, 0.5) is 11.4 Å². The molecule has 0 aliphatic carbocycles. The van der Waals surface area contributed by atoms with Crippen molar-refractivity contribution in [2.75, 3.05) is 29.9 Å². The predicted octanol–water partition coefficient (Wildman–Crippen LogP) is 3.06. The molecule has 32 heavy (non-hydrogen) atoms. The summed E-state index contributed by atoms with van der Waals surface area (Å²) in [4.78, 5) is 29.0. The third-order valence-corrected chi connectivity index (χ3v) is 6.66. The van der Waals surface area contributed by atoms with Gasteiger partial charge in [-0.05, 0) is 69.6 Å². The van der Waals surface area contributed by atoms with Crippen LogP contribution in [0.1, 0.15) is 44.3 Å². The van der Waals surface area contributed by atoms with E-state index < -0.39 is 0 Å². The molecule has 0 saturated carbocycles. The number of piperidine rings is 1. The van der Waals surface area contributed by atoms with Crippen molar-refractivity contribution in [2.24, 2.45) is 0 Å². The molecule has 1 unspecified atom stereocenters. The van der Waals surface area contributed by atoms with Crippen molar-refractivity contribution in [3.8, 4) is 0 Å². The van der Waals surface area contributed by atoms with Crippen molar-refractivity contribution in [1.82, 2.24) is 19.5 Å². The maximum absolute atomic E-state index is 12.9. The van der Waals surface area contributed by atoms with Gasteiger partial charge >= 0.3 is 0 Å². The number of hydrogen-bond donors (Lipinski definition) is 1. The highest BCUT2D eigenvalue weighted by Gasteiger charge is 2.29. The van der Waals surface area contributed by atoms with E-state index in [1.165, 1.54) is 0 Å². The average Bonchev–Trinajstić information content (AvgIpc) is 3.45. The molecule has 0 radical (unpaired) electrons. The molecule has 2 aliphatic heterocycles. The van der Waals surface area contributed by atoms with Gasteiger partial charge in [0, 0.05) is 36.5 Å². The summed E-state index contributed by atoms with van der Waals surface area (Å²) in [5, 5.41) is 11.7. The third-order valence-electron chi connectivity index (χ3n) is 6.66. The zero-order valence-corrected chi connectivity index (χ0v) is 18.3. The van der Waals surface area contributed by atoms with E-state index >= 15 is 0 Å². The number of fused-ring (bicyclic) bond motifs is 1. The fourth-order valence-electron chi connectivity index (χ4n) is 4.77. The van der Waals surface area contributed by atoms with E-state index in [-0.39, 0.29) is 17.9 Å². The summed E-state index contributed by atoms with van der Waals surface area (Å²) in [6.45, 7) is 4.37. The number of hydrogen-bond acceptors (Lipinski definition) is 5. The van der Waals surface area contributed by atoms with Crippen molar-refractivity contribution < 1.29 is 9.59 Å². The van der Waals surface area contributed by atoms with E-state index in [1.807, 2.05) is 55.6 Å². The van der Waals surface area contributed by atoms with Crippen LogP contribution in [-0.4, -0.2) is 57.0 Å². The van der Waals surface area contributed by atoms with E-state index in [0.717, 1.165) is 61.7 Å². The van der Waals surface area contributed by atoms with Gasteiger partial charge in [-0.1, -0.05) is 12.1 Å². The molecule has 166 valence electrons. The molecule has 2 amide bonds. The second kappa shape index (κ2) is 8.70. The van der Waals surface area contributed by atoms with E-state index in [4.69, 9.17) is 0 Å². The summed E-state index contributed by atoms with van der Waals surface area (Å²) in [5.74, 6) is 1.46. The Morgan fingerprint density at radius 3 is 2.72 bits per heavy atom. The maximum atomic E-state index is 12.9. The molecule has 8 heteroatoms. The summed E-state index contributed by atoms with van der Waals surface area (Å²) in [5.41, 5.74) is 2.44. The molecule has 2 saturated heterocycles. The summed E-state index contributed by atoms with van der Waals surface area (Å²) < 4.78 is 2.06. The minimum atomic E-state index is -0.233. The summed E-state index contributed by atoms with van der Waals surface area (Å²) in [6, 6.07) is 13.3. The largest absolute Gasteiger partial charge is 0.325 e. The predicted molar refractivity (Wildman–Crippen MR) is 123 cm³/mol. The van der Waals surface area contributed by atoms with Crippen molar-refractivity contribution in [2.45, 2.75) is 44.6 Å². The lowest BCUT2D eigenvalue weighted by Gasteiger charge is -2.34. The van der Waals surface area contributed by atoms with Gasteiger partial charge in [0.05, 0.1) is 6.04 Å². The van der Waals surface area contributed by atoms with Gasteiger partial charge in [0.1, 0.15) is 5.82 Å². The fraction of sp³-hybridized carbons (Fsp3) is 0.417. The smallest absolute Gasteiger partial charge is 0.241 e. The normalized spacial score (nSPS) is 18.9. The molecular formula is C24H28N6O2. The second-order valence-corrected chi connectivity index (χ2v) is 8.66. The Kier molecular flexibility index (Phi) is 5.61. The Balaban J connectivity index is 1.20. The molecule has 8 nitrogen and oxygen atoms in total. The van der Waals surface area contributed by atoms with Crippen molar-refractivity contribution in [3.05, 3.63) is 54.5 Å². The number of carbonyl (C=O) groups is 2. The Morgan fingerprint density at radius 1 is 1.09 bits per heavy atom. The quantitative estimate of drug-likeness (QED) is 0.670. The Labute approximate surface area is 187 Å². The fourth-order valence-corrected chi connectivity index (χ4v) is 4.77. The minimum absolute atomic E-state index is 0.0266. The highest BCUT2D eigenvalue weighted by atomic mass is 16.2. The molecular weight excluding hydrogens is 404 g/mol. The Morgan fingerprint density at radius 2 is 1.94 bits per heavy atom. The molecule has 4 heterocycles. The van der Waals surface area contributed by atoms with Gasteiger partial charge in [0.15, 0.2) is 5.65 Å². The summed E-state index contributed by atoms with van der Waals surface area (Å²) in [6.07, 6.45) is 5.37. The molecule has 3 aromatic rings. The first-order valence-electron chi connectivity index (χ1n) is 11.3. The lowest BCUT2D eigenvalue weighted by molar-refractivity contribution is -0.121. The van der Waals surface area contributed by atoms with E-state index in [9.17, 15) is 9.59 Å². The molecule has 5 rings (SSSR count). The Bertz CT molecular complexity index is 1130. The van der Waals surface area contributed by atoms with Gasteiger partial charge < -0.3 is 10.2 Å². The number of benzene rings is 1. The number of nitrogens with one attached hydrogen (secondary N) is 1. The second-order valence-electron chi connectivity index (χ2n) is 8.66. The van der Waals surface area contributed by atoms with Gasteiger partial charge in [-0.3, -0.25) is 18.9 Å². The summed E-state index contributed by atoms with van der Waals surface area (Å²) in [7, 11) is 0. The van der Waals surface area contributed by atoms with Crippen molar-refractivity contribution in [1.29, 1.82) is 0 Å². The molecule has 1 atom stereocenters. The first kappa shape index (κ1) is 20.6. The van der Waals surface area contributed by atoms with E-state index in [2.05, 4.69) is 24.8 Å². The monoisotopic (exact) mass is 432 g/mol. The van der Waals surface area contributed by atoms with E-state index in [1.54, 1.807) is 4.90 Å². The van der Waals surface area contributed by atoms with Crippen LogP contribution < -0.4 is 10.2 Å². The van der Waals surface area contributed by atoms with Crippen LogP contribution in [-0.2, 0) is 9.59 Å². The number of nitrogens with zero attached hydrogens (tertiary/aromatic N) is 5. The molecule has 0 spiro atoms. The number of rotatable bonds is 5. The number of amides is 2. The van der Waals surface area contributed by atoms with Crippen LogP contribution in [0.3, 0.4) is 0 Å². The number of pyridine rings is 1. The first-order valence-corrected chi connectivity index (χ1v) is 11.3. The van der Waals surface area contributed by atoms with Gasteiger partial charge in [0.25, 0.3) is 0 Å². The third kappa shape index (κ3) is 3.98. The maximum Gasteiger partial charge on any atom is 0.241 e. The van der Waals surface area contributed by atoms with Crippen LogP contribution in [0.2, 0.25) is 0 Å². The lowest BCUT2D eigenvalue weighted by atomic mass is 9.95.